The molecule has 0 radical (unpaired) electrons. The molecule has 0 spiro atoms. The van der Waals surface area contributed by atoms with Crippen molar-refractivity contribution in [3.63, 3.8) is 0 Å². The molecule has 0 aliphatic heterocycles. The maximum Gasteiger partial charge on any atom is 0.294 e. The van der Waals surface area contributed by atoms with Crippen molar-refractivity contribution in [3.8, 4) is 0 Å². The molecule has 1 aromatic carbocycles. The van der Waals surface area contributed by atoms with Gasteiger partial charge in [-0.1, -0.05) is 45.8 Å². The van der Waals surface area contributed by atoms with E-state index in [9.17, 15) is 9.59 Å². The van der Waals surface area contributed by atoms with Gasteiger partial charge in [0, 0.05) is 47.2 Å². The minimum Gasteiger partial charge on any atom is -0.383 e. The van der Waals surface area contributed by atoms with Crippen molar-refractivity contribution in [2.75, 3.05) is 22.5 Å². The number of H-pyrrole nitrogens is 1. The van der Waals surface area contributed by atoms with Crippen LogP contribution in [-0.2, 0) is 5.41 Å². The maximum atomic E-state index is 13.3. The summed E-state index contributed by atoms with van der Waals surface area (Å²) in [5.74, 6) is -0.192. The number of fused-ring (bicyclic) bond motifs is 1. The van der Waals surface area contributed by atoms with Crippen molar-refractivity contribution >= 4 is 39.9 Å². The topological polar surface area (TPSA) is 125 Å². The van der Waals surface area contributed by atoms with E-state index in [1.54, 1.807) is 30.6 Å². The minimum absolute atomic E-state index is 0.123. The molecule has 0 atom stereocenters. The van der Waals surface area contributed by atoms with E-state index in [2.05, 4.69) is 44.9 Å². The van der Waals surface area contributed by atoms with Gasteiger partial charge in [-0.15, -0.1) is 0 Å². The van der Waals surface area contributed by atoms with Crippen LogP contribution in [0.4, 0.5) is 17.1 Å². The lowest BCUT2D eigenvalue weighted by Crippen LogP contribution is -2.18. The Morgan fingerprint density at radius 2 is 1.86 bits per heavy atom. The van der Waals surface area contributed by atoms with Crippen LogP contribution in [0.15, 0.2) is 47.2 Å². The molecule has 4 aromatic rings. The van der Waals surface area contributed by atoms with Crippen LogP contribution in [0.1, 0.15) is 66.8 Å². The number of nitrogens with zero attached hydrogens (tertiary/aromatic N) is 2. The van der Waals surface area contributed by atoms with Crippen LogP contribution < -0.4 is 16.0 Å². The Hall–Kier alpha value is -4.14. The summed E-state index contributed by atoms with van der Waals surface area (Å²) >= 11 is 0. The molecule has 9 heteroatoms. The number of hydrogen-bond donors (Lipinski definition) is 4. The van der Waals surface area contributed by atoms with Crippen LogP contribution in [-0.4, -0.2) is 33.5 Å². The van der Waals surface area contributed by atoms with E-state index < -0.39 is 5.91 Å². The molecule has 0 unspecified atom stereocenters. The molecular formula is C27H32N6O3. The average Bonchev–Trinajstić information content (AvgIpc) is 3.49. The Kier molecular flexibility index (Phi) is 6.83. The van der Waals surface area contributed by atoms with Crippen molar-refractivity contribution < 1.29 is 14.1 Å². The number of aromatic amines is 1. The quantitative estimate of drug-likeness (QED) is 0.263. The van der Waals surface area contributed by atoms with E-state index >= 15 is 0 Å². The molecule has 9 nitrogen and oxygen atoms in total. The van der Waals surface area contributed by atoms with Gasteiger partial charge in [-0.25, -0.2) is 4.98 Å². The van der Waals surface area contributed by atoms with Crippen LogP contribution >= 0.6 is 0 Å². The summed E-state index contributed by atoms with van der Waals surface area (Å²) < 4.78 is 5.23. The van der Waals surface area contributed by atoms with E-state index in [-0.39, 0.29) is 17.1 Å². The SMILES string of the molecule is Cc1ccc(NC(=O)c2cc(C(C)(C)C)no2)cc1NC(=O)c1cnc2[nH]ccc2c1NCC(C)C. The molecule has 4 rings (SSSR count). The van der Waals surface area contributed by atoms with Gasteiger partial charge in [0.05, 0.1) is 16.9 Å². The highest BCUT2D eigenvalue weighted by molar-refractivity contribution is 6.12. The summed E-state index contributed by atoms with van der Waals surface area (Å²) in [7, 11) is 0. The summed E-state index contributed by atoms with van der Waals surface area (Å²) in [6.45, 7) is 12.8. The predicted octanol–water partition coefficient (Wildman–Crippen LogP) is 5.73. The van der Waals surface area contributed by atoms with Crippen LogP contribution in [0.5, 0.6) is 0 Å². The monoisotopic (exact) mass is 488 g/mol. The molecule has 188 valence electrons. The second kappa shape index (κ2) is 9.85. The Labute approximate surface area is 210 Å². The van der Waals surface area contributed by atoms with E-state index in [1.165, 1.54) is 0 Å². The number of anilines is 3. The Morgan fingerprint density at radius 3 is 2.56 bits per heavy atom. The molecule has 0 saturated heterocycles. The van der Waals surface area contributed by atoms with Gasteiger partial charge < -0.3 is 25.5 Å². The zero-order valence-electron chi connectivity index (χ0n) is 21.4. The van der Waals surface area contributed by atoms with E-state index in [0.717, 1.165) is 16.6 Å². The number of benzene rings is 1. The second-order valence-corrected chi connectivity index (χ2v) is 10.3. The highest BCUT2D eigenvalue weighted by Gasteiger charge is 2.22. The third-order valence-electron chi connectivity index (χ3n) is 5.76. The van der Waals surface area contributed by atoms with Crippen LogP contribution in [0.25, 0.3) is 11.0 Å². The number of amides is 2. The number of pyridine rings is 1. The molecule has 0 saturated carbocycles. The summed E-state index contributed by atoms with van der Waals surface area (Å²) in [5, 5.41) is 14.0. The summed E-state index contributed by atoms with van der Waals surface area (Å²) in [4.78, 5) is 33.5. The standard InChI is InChI=1S/C27H32N6O3/c1-15(2)13-29-23-18-9-10-28-24(18)30-14-19(23)25(34)32-20-11-17(8-7-16(20)3)31-26(35)21-12-22(33-36-21)27(4,5)6/h7-12,14-15H,13H2,1-6H3,(H,31,35)(H,32,34)(H2,28,29,30). The summed E-state index contributed by atoms with van der Waals surface area (Å²) in [5.41, 5.74) is 4.29. The third-order valence-corrected chi connectivity index (χ3v) is 5.76. The predicted molar refractivity (Wildman–Crippen MR) is 142 cm³/mol. The van der Waals surface area contributed by atoms with Gasteiger partial charge >= 0.3 is 0 Å². The van der Waals surface area contributed by atoms with Gasteiger partial charge in [0.2, 0.25) is 5.76 Å². The fourth-order valence-corrected chi connectivity index (χ4v) is 3.63. The van der Waals surface area contributed by atoms with Gasteiger partial charge in [0.15, 0.2) is 0 Å². The Morgan fingerprint density at radius 1 is 1.08 bits per heavy atom. The number of hydrogen-bond acceptors (Lipinski definition) is 6. The lowest BCUT2D eigenvalue weighted by Gasteiger charge is -2.16. The Bertz CT molecular complexity index is 1410. The first-order chi connectivity index (χ1) is 17.0. The highest BCUT2D eigenvalue weighted by Crippen LogP contribution is 2.28. The fraction of sp³-hybridized carbons (Fsp3) is 0.333. The molecule has 2 amide bonds. The van der Waals surface area contributed by atoms with Gasteiger partial charge in [-0.05, 0) is 36.6 Å². The number of aryl methyl sites for hydroxylation is 1. The molecule has 0 aliphatic rings. The van der Waals surface area contributed by atoms with Crippen LogP contribution in [0.3, 0.4) is 0 Å². The molecule has 0 fully saturated rings. The van der Waals surface area contributed by atoms with E-state index in [0.29, 0.717) is 40.7 Å². The number of carbonyl (C=O) groups is 2. The van der Waals surface area contributed by atoms with Crippen LogP contribution in [0, 0.1) is 12.8 Å². The molecule has 0 bridgehead atoms. The fourth-order valence-electron chi connectivity index (χ4n) is 3.63. The van der Waals surface area contributed by atoms with E-state index in [4.69, 9.17) is 4.52 Å². The summed E-state index contributed by atoms with van der Waals surface area (Å²) in [6, 6.07) is 8.86. The van der Waals surface area contributed by atoms with Crippen molar-refractivity contribution in [1.82, 2.24) is 15.1 Å². The second-order valence-electron chi connectivity index (χ2n) is 10.3. The Balaban J connectivity index is 1.55. The number of rotatable bonds is 7. The van der Waals surface area contributed by atoms with Gasteiger partial charge in [-0.3, -0.25) is 9.59 Å². The molecule has 36 heavy (non-hydrogen) atoms. The van der Waals surface area contributed by atoms with Crippen molar-refractivity contribution in [3.05, 3.63) is 65.3 Å². The largest absolute Gasteiger partial charge is 0.383 e. The molecule has 0 aliphatic carbocycles. The van der Waals surface area contributed by atoms with Crippen molar-refractivity contribution in [1.29, 1.82) is 0 Å². The maximum absolute atomic E-state index is 13.3. The van der Waals surface area contributed by atoms with Gasteiger partial charge in [0.25, 0.3) is 11.8 Å². The summed E-state index contributed by atoms with van der Waals surface area (Å²) in [6.07, 6.45) is 3.36. The molecule has 3 heterocycles. The molecular weight excluding hydrogens is 456 g/mol. The number of nitrogens with one attached hydrogen (secondary N) is 4. The lowest BCUT2D eigenvalue weighted by molar-refractivity contribution is 0.0986. The first-order valence-corrected chi connectivity index (χ1v) is 11.9. The zero-order valence-corrected chi connectivity index (χ0v) is 21.4. The normalized spacial score (nSPS) is 11.6. The van der Waals surface area contributed by atoms with E-state index in [1.807, 2.05) is 39.8 Å². The number of aromatic nitrogens is 3. The number of carbonyl (C=O) groups excluding carboxylic acids is 2. The highest BCUT2D eigenvalue weighted by atomic mass is 16.5. The molecule has 3 aromatic heterocycles. The van der Waals surface area contributed by atoms with Crippen LogP contribution in [0.2, 0.25) is 0 Å². The molecule has 4 N–H and O–H groups in total. The van der Waals surface area contributed by atoms with Gasteiger partial charge in [0.1, 0.15) is 5.65 Å². The average molecular weight is 489 g/mol. The van der Waals surface area contributed by atoms with Crippen molar-refractivity contribution in [2.24, 2.45) is 5.92 Å². The first-order valence-electron chi connectivity index (χ1n) is 11.9. The zero-order chi connectivity index (χ0) is 26.0. The third kappa shape index (κ3) is 5.40. The van der Waals surface area contributed by atoms with Crippen molar-refractivity contribution in [2.45, 2.75) is 47.0 Å². The smallest absolute Gasteiger partial charge is 0.294 e. The van der Waals surface area contributed by atoms with Gasteiger partial charge in [-0.2, -0.15) is 0 Å². The minimum atomic E-state index is -0.415. The lowest BCUT2D eigenvalue weighted by atomic mass is 9.92. The first kappa shape index (κ1) is 25.0.